The van der Waals surface area contributed by atoms with Crippen LogP contribution in [-0.4, -0.2) is 24.0 Å². The van der Waals surface area contributed by atoms with Crippen molar-refractivity contribution in [1.29, 1.82) is 0 Å². The Morgan fingerprint density at radius 2 is 2.53 bits per heavy atom. The third-order valence-electron chi connectivity index (χ3n) is 2.45. The van der Waals surface area contributed by atoms with Crippen LogP contribution in [0.3, 0.4) is 0 Å². The first-order chi connectivity index (χ1) is 7.31. The zero-order chi connectivity index (χ0) is 10.7. The Morgan fingerprint density at radius 3 is 3.27 bits per heavy atom. The molecule has 15 heavy (non-hydrogen) atoms. The van der Waals surface area contributed by atoms with E-state index >= 15 is 0 Å². The van der Waals surface area contributed by atoms with E-state index in [0.29, 0.717) is 18.6 Å². The lowest BCUT2D eigenvalue weighted by atomic mass is 10.0. The number of aromatic nitrogens is 1. The van der Waals surface area contributed by atoms with Crippen LogP contribution in [-0.2, 0) is 9.53 Å². The van der Waals surface area contributed by atoms with Crippen molar-refractivity contribution < 1.29 is 13.9 Å². The van der Waals surface area contributed by atoms with E-state index < -0.39 is 5.95 Å². The van der Waals surface area contributed by atoms with Crippen LogP contribution < -0.4 is 5.32 Å². The van der Waals surface area contributed by atoms with E-state index in [4.69, 9.17) is 4.74 Å². The zero-order valence-electron chi connectivity index (χ0n) is 8.02. The molecule has 1 aliphatic heterocycles. The molecule has 1 aromatic heterocycles. The van der Waals surface area contributed by atoms with E-state index in [-0.39, 0.29) is 12.1 Å². The van der Waals surface area contributed by atoms with Gasteiger partial charge in [-0.15, -0.1) is 0 Å². The number of carbonyl (C=O) groups is 1. The molecule has 0 bridgehead atoms. The molecular formula is C10H11FN2O2. The van der Waals surface area contributed by atoms with E-state index in [1.165, 1.54) is 12.3 Å². The van der Waals surface area contributed by atoms with Gasteiger partial charge < -0.3 is 10.1 Å². The summed E-state index contributed by atoms with van der Waals surface area (Å²) < 4.78 is 18.3. The second-order valence-electron chi connectivity index (χ2n) is 3.38. The molecule has 0 aromatic carbocycles. The Balaban J connectivity index is 2.18. The molecule has 1 aromatic rings. The van der Waals surface area contributed by atoms with E-state index in [1.807, 2.05) is 0 Å². The summed E-state index contributed by atoms with van der Waals surface area (Å²) in [5.41, 5.74) is 0.708. The smallest absolute Gasteiger partial charge is 0.213 e. The molecule has 2 rings (SSSR count). The van der Waals surface area contributed by atoms with Crippen molar-refractivity contribution in [3.63, 3.8) is 0 Å². The summed E-state index contributed by atoms with van der Waals surface area (Å²) in [4.78, 5) is 13.8. The summed E-state index contributed by atoms with van der Waals surface area (Å²) in [5, 5.41) is 2.66. The normalized spacial score (nSPS) is 25.1. The van der Waals surface area contributed by atoms with Crippen molar-refractivity contribution >= 4 is 6.41 Å². The van der Waals surface area contributed by atoms with Gasteiger partial charge in [0.2, 0.25) is 12.4 Å². The molecule has 0 spiro atoms. The van der Waals surface area contributed by atoms with Crippen molar-refractivity contribution in [3.8, 4) is 0 Å². The average Bonchev–Trinajstić information content (AvgIpc) is 2.66. The monoisotopic (exact) mass is 210 g/mol. The molecule has 1 amide bonds. The number of hydrogen-bond donors (Lipinski definition) is 1. The summed E-state index contributed by atoms with van der Waals surface area (Å²) in [6.07, 6.45) is 2.51. The Bertz CT molecular complexity index is 359. The fraction of sp³-hybridized carbons (Fsp3) is 0.400. The average molecular weight is 210 g/mol. The minimum atomic E-state index is -0.534. The fourth-order valence-corrected chi connectivity index (χ4v) is 1.77. The second-order valence-corrected chi connectivity index (χ2v) is 3.38. The Labute approximate surface area is 86.5 Å². The van der Waals surface area contributed by atoms with Crippen LogP contribution in [0.4, 0.5) is 4.39 Å². The molecule has 0 aliphatic carbocycles. The third-order valence-corrected chi connectivity index (χ3v) is 2.45. The maximum absolute atomic E-state index is 12.9. The third kappa shape index (κ3) is 2.12. The van der Waals surface area contributed by atoms with Crippen molar-refractivity contribution in [2.45, 2.75) is 18.6 Å². The lowest BCUT2D eigenvalue weighted by Gasteiger charge is -2.17. The van der Waals surface area contributed by atoms with Gasteiger partial charge in [0, 0.05) is 12.8 Å². The van der Waals surface area contributed by atoms with Crippen molar-refractivity contribution in [2.24, 2.45) is 0 Å². The highest BCUT2D eigenvalue weighted by molar-refractivity contribution is 5.47. The number of nitrogens with one attached hydrogen (secondary N) is 1. The predicted octanol–water partition coefficient (Wildman–Crippen LogP) is 0.797. The van der Waals surface area contributed by atoms with Crippen LogP contribution in [0, 0.1) is 5.95 Å². The maximum Gasteiger partial charge on any atom is 0.213 e. The molecule has 1 aliphatic rings. The van der Waals surface area contributed by atoms with Gasteiger partial charge in [-0.05, 0) is 24.1 Å². The standard InChI is InChI=1S/C10H11FN2O2/c11-9-5-7(1-3-12-9)10-8(13-6-14)2-4-15-10/h1,3,5-6,8,10H,2,4H2,(H,13,14)/t8-,10+/m1/s1. The molecule has 2 heterocycles. The number of pyridine rings is 1. The van der Waals surface area contributed by atoms with Crippen LogP contribution >= 0.6 is 0 Å². The van der Waals surface area contributed by atoms with Gasteiger partial charge in [-0.25, -0.2) is 4.98 Å². The number of rotatable bonds is 3. The van der Waals surface area contributed by atoms with Gasteiger partial charge in [0.05, 0.1) is 6.04 Å². The summed E-state index contributed by atoms with van der Waals surface area (Å²) in [6, 6.07) is 2.94. The van der Waals surface area contributed by atoms with Gasteiger partial charge in [-0.2, -0.15) is 4.39 Å². The molecule has 0 unspecified atom stereocenters. The number of hydrogen-bond acceptors (Lipinski definition) is 3. The summed E-state index contributed by atoms with van der Waals surface area (Å²) in [5.74, 6) is -0.534. The molecule has 4 nitrogen and oxygen atoms in total. The Kier molecular flexibility index (Phi) is 2.91. The summed E-state index contributed by atoms with van der Waals surface area (Å²) >= 11 is 0. The minimum absolute atomic E-state index is 0.0794. The Morgan fingerprint density at radius 1 is 1.67 bits per heavy atom. The van der Waals surface area contributed by atoms with E-state index in [9.17, 15) is 9.18 Å². The number of nitrogens with zero attached hydrogens (tertiary/aromatic N) is 1. The number of carbonyl (C=O) groups excluding carboxylic acids is 1. The lowest BCUT2D eigenvalue weighted by Crippen LogP contribution is -2.30. The molecule has 80 valence electrons. The largest absolute Gasteiger partial charge is 0.371 e. The molecule has 0 radical (unpaired) electrons. The van der Waals surface area contributed by atoms with Crippen molar-refractivity contribution in [3.05, 3.63) is 29.8 Å². The van der Waals surface area contributed by atoms with E-state index in [2.05, 4.69) is 10.3 Å². The van der Waals surface area contributed by atoms with Crippen LogP contribution in [0.5, 0.6) is 0 Å². The van der Waals surface area contributed by atoms with Gasteiger partial charge in [0.15, 0.2) is 0 Å². The molecular weight excluding hydrogens is 199 g/mol. The van der Waals surface area contributed by atoms with E-state index in [0.717, 1.165) is 6.42 Å². The van der Waals surface area contributed by atoms with Crippen molar-refractivity contribution in [1.82, 2.24) is 10.3 Å². The van der Waals surface area contributed by atoms with Crippen molar-refractivity contribution in [2.75, 3.05) is 6.61 Å². The SMILES string of the molecule is O=CN[C@@H]1CCO[C@H]1c1ccnc(F)c1. The molecule has 1 fully saturated rings. The summed E-state index contributed by atoms with van der Waals surface area (Å²) in [6.45, 7) is 0.570. The first-order valence-electron chi connectivity index (χ1n) is 4.74. The Hall–Kier alpha value is -1.49. The fourth-order valence-electron chi connectivity index (χ4n) is 1.77. The van der Waals surface area contributed by atoms with Gasteiger partial charge in [-0.1, -0.05) is 0 Å². The molecule has 0 saturated carbocycles. The van der Waals surface area contributed by atoms with Crippen LogP contribution in [0.1, 0.15) is 18.1 Å². The van der Waals surface area contributed by atoms with Gasteiger partial charge >= 0.3 is 0 Å². The molecule has 2 atom stereocenters. The van der Waals surface area contributed by atoms with Crippen LogP contribution in [0.15, 0.2) is 18.3 Å². The topological polar surface area (TPSA) is 51.2 Å². The van der Waals surface area contributed by atoms with Gasteiger partial charge in [0.1, 0.15) is 6.10 Å². The second kappa shape index (κ2) is 4.35. The number of amides is 1. The summed E-state index contributed by atoms with van der Waals surface area (Å²) in [7, 11) is 0. The molecule has 1 N–H and O–H groups in total. The molecule has 1 saturated heterocycles. The van der Waals surface area contributed by atoms with Gasteiger partial charge in [0.25, 0.3) is 0 Å². The van der Waals surface area contributed by atoms with Crippen LogP contribution in [0.25, 0.3) is 0 Å². The first kappa shape index (κ1) is 10.0. The highest BCUT2D eigenvalue weighted by atomic mass is 19.1. The molecule has 5 heteroatoms. The minimum Gasteiger partial charge on any atom is -0.371 e. The highest BCUT2D eigenvalue weighted by Gasteiger charge is 2.29. The zero-order valence-corrected chi connectivity index (χ0v) is 8.02. The lowest BCUT2D eigenvalue weighted by molar-refractivity contribution is -0.110. The highest BCUT2D eigenvalue weighted by Crippen LogP contribution is 2.28. The van der Waals surface area contributed by atoms with E-state index in [1.54, 1.807) is 6.07 Å². The first-order valence-corrected chi connectivity index (χ1v) is 4.74. The predicted molar refractivity (Wildman–Crippen MR) is 50.5 cm³/mol. The quantitative estimate of drug-likeness (QED) is 0.593. The number of ether oxygens (including phenoxy) is 1. The number of halogens is 1. The maximum atomic E-state index is 12.9. The van der Waals surface area contributed by atoms with Crippen LogP contribution in [0.2, 0.25) is 0 Å². The van der Waals surface area contributed by atoms with Gasteiger partial charge in [-0.3, -0.25) is 4.79 Å².